The molecule has 0 saturated heterocycles. The summed E-state index contributed by atoms with van der Waals surface area (Å²) in [6.45, 7) is 5.53. The van der Waals surface area contributed by atoms with E-state index in [-0.39, 0.29) is 13.2 Å². The van der Waals surface area contributed by atoms with Crippen LogP contribution in [-0.4, -0.2) is 38.0 Å². The molecule has 0 spiro atoms. The second-order valence-corrected chi connectivity index (χ2v) is 9.35. The molecule has 1 N–H and O–H groups in total. The SMILES string of the molecule is CCOC(=O)C1=C(C)NC2=C(C(=O)[C@H](C(=O)OCC)[C@@H](c3ccccc3OC)C2)[C@H]1c1cccc(Cl)c1. The highest BCUT2D eigenvalue weighted by molar-refractivity contribution is 6.30. The minimum absolute atomic E-state index is 0.135. The van der Waals surface area contributed by atoms with Gasteiger partial charge in [-0.3, -0.25) is 9.59 Å². The summed E-state index contributed by atoms with van der Waals surface area (Å²) in [4.78, 5) is 40.8. The molecule has 0 bridgehead atoms. The number of Topliss-reactive ketones (excluding diaryl/α,β-unsaturated/α-hetero) is 1. The fraction of sp³-hybridized carbons (Fsp3) is 0.345. The van der Waals surface area contributed by atoms with Crippen LogP contribution < -0.4 is 10.1 Å². The average Bonchev–Trinajstić information content (AvgIpc) is 2.87. The maximum absolute atomic E-state index is 14.3. The largest absolute Gasteiger partial charge is 0.496 e. The van der Waals surface area contributed by atoms with Gasteiger partial charge in [-0.1, -0.05) is 41.9 Å². The van der Waals surface area contributed by atoms with Crippen molar-refractivity contribution in [3.05, 3.63) is 87.2 Å². The van der Waals surface area contributed by atoms with Gasteiger partial charge in [-0.2, -0.15) is 0 Å². The zero-order valence-electron chi connectivity index (χ0n) is 21.3. The van der Waals surface area contributed by atoms with E-state index in [0.29, 0.717) is 45.3 Å². The van der Waals surface area contributed by atoms with Crippen molar-refractivity contribution in [3.63, 3.8) is 0 Å². The monoisotopic (exact) mass is 523 g/mol. The number of methoxy groups -OCH3 is 1. The number of ketones is 1. The van der Waals surface area contributed by atoms with Gasteiger partial charge in [-0.15, -0.1) is 0 Å². The normalized spacial score (nSPS) is 21.2. The first-order chi connectivity index (χ1) is 17.8. The number of hydrogen-bond donors (Lipinski definition) is 1. The second-order valence-electron chi connectivity index (χ2n) is 8.91. The first-order valence-corrected chi connectivity index (χ1v) is 12.7. The minimum atomic E-state index is -1.11. The third-order valence-corrected chi connectivity index (χ3v) is 7.01. The van der Waals surface area contributed by atoms with E-state index < -0.39 is 35.5 Å². The number of hydrogen-bond acceptors (Lipinski definition) is 7. The Morgan fingerprint density at radius 3 is 2.46 bits per heavy atom. The van der Waals surface area contributed by atoms with Gasteiger partial charge in [-0.25, -0.2) is 4.79 Å². The van der Waals surface area contributed by atoms with Gasteiger partial charge in [0.25, 0.3) is 0 Å². The summed E-state index contributed by atoms with van der Waals surface area (Å²) in [5, 5.41) is 3.76. The first-order valence-electron chi connectivity index (χ1n) is 12.3. The van der Waals surface area contributed by atoms with Crippen LogP contribution in [0.5, 0.6) is 5.75 Å². The molecule has 0 saturated carbocycles. The lowest BCUT2D eigenvalue weighted by Gasteiger charge is -2.39. The fourth-order valence-electron chi connectivity index (χ4n) is 5.30. The highest BCUT2D eigenvalue weighted by Crippen LogP contribution is 2.49. The highest BCUT2D eigenvalue weighted by Gasteiger charge is 2.49. The van der Waals surface area contributed by atoms with Gasteiger partial charge in [-0.05, 0) is 56.5 Å². The van der Waals surface area contributed by atoms with Crippen molar-refractivity contribution in [1.29, 1.82) is 0 Å². The van der Waals surface area contributed by atoms with Crippen molar-refractivity contribution < 1.29 is 28.6 Å². The molecular weight excluding hydrogens is 494 g/mol. The molecule has 1 aliphatic heterocycles. The van der Waals surface area contributed by atoms with E-state index in [9.17, 15) is 14.4 Å². The second kappa shape index (κ2) is 11.2. The molecule has 2 aliphatic rings. The van der Waals surface area contributed by atoms with E-state index in [4.69, 9.17) is 25.8 Å². The van der Waals surface area contributed by atoms with Crippen molar-refractivity contribution in [3.8, 4) is 5.75 Å². The van der Waals surface area contributed by atoms with Crippen LogP contribution in [0.25, 0.3) is 0 Å². The number of ether oxygens (including phenoxy) is 3. The van der Waals surface area contributed by atoms with Crippen LogP contribution in [0.4, 0.5) is 0 Å². The Kier molecular flexibility index (Phi) is 8.03. The molecule has 194 valence electrons. The molecule has 37 heavy (non-hydrogen) atoms. The Balaban J connectivity index is 1.92. The molecule has 0 fully saturated rings. The summed E-state index contributed by atoms with van der Waals surface area (Å²) < 4.78 is 16.3. The summed E-state index contributed by atoms with van der Waals surface area (Å²) >= 11 is 6.32. The summed E-state index contributed by atoms with van der Waals surface area (Å²) in [6.07, 6.45) is 0.343. The molecule has 8 heteroatoms. The molecule has 0 radical (unpaired) electrons. The van der Waals surface area contributed by atoms with Crippen molar-refractivity contribution in [2.45, 2.75) is 39.0 Å². The molecule has 7 nitrogen and oxygen atoms in total. The van der Waals surface area contributed by atoms with Gasteiger partial charge in [0.2, 0.25) is 0 Å². The topological polar surface area (TPSA) is 90.9 Å². The standard InChI is InChI=1S/C29H30ClNO6/c1-5-36-28(33)23-16(3)31-21-15-20(19-12-7-8-13-22(19)35-4)25(29(34)37-6-2)27(32)26(21)24(23)17-10-9-11-18(30)14-17/h7-14,20,24-25,31H,5-6,15H2,1-4H3/t20-,24+,25-/m1/s1. The van der Waals surface area contributed by atoms with E-state index in [0.717, 1.165) is 5.56 Å². The van der Waals surface area contributed by atoms with Crippen LogP contribution in [0.1, 0.15) is 50.2 Å². The van der Waals surface area contributed by atoms with E-state index in [1.807, 2.05) is 24.3 Å². The van der Waals surface area contributed by atoms with Crippen molar-refractivity contribution in [1.82, 2.24) is 5.32 Å². The highest BCUT2D eigenvalue weighted by atomic mass is 35.5. The van der Waals surface area contributed by atoms with Gasteiger partial charge in [0, 0.05) is 33.8 Å². The average molecular weight is 524 g/mol. The maximum Gasteiger partial charge on any atom is 0.336 e. The van der Waals surface area contributed by atoms with Crippen LogP contribution >= 0.6 is 11.6 Å². The van der Waals surface area contributed by atoms with E-state index in [1.54, 1.807) is 52.1 Å². The number of carbonyl (C=O) groups is 3. The van der Waals surface area contributed by atoms with Crippen LogP contribution in [0.3, 0.4) is 0 Å². The molecule has 4 rings (SSSR count). The Bertz CT molecular complexity index is 1300. The van der Waals surface area contributed by atoms with Crippen LogP contribution in [0.2, 0.25) is 5.02 Å². The lowest BCUT2D eigenvalue weighted by Crippen LogP contribution is -2.43. The van der Waals surface area contributed by atoms with Gasteiger partial charge in [0.05, 0.1) is 25.9 Å². The number of rotatable bonds is 7. The molecule has 0 unspecified atom stereocenters. The number of benzene rings is 2. The number of halogens is 1. The molecule has 3 atom stereocenters. The Hall–Kier alpha value is -3.58. The van der Waals surface area contributed by atoms with Crippen molar-refractivity contribution in [2.24, 2.45) is 5.92 Å². The Morgan fingerprint density at radius 2 is 1.78 bits per heavy atom. The van der Waals surface area contributed by atoms with E-state index in [2.05, 4.69) is 5.32 Å². The zero-order chi connectivity index (χ0) is 26.7. The number of esters is 2. The summed E-state index contributed by atoms with van der Waals surface area (Å²) in [5.41, 5.74) is 3.30. The van der Waals surface area contributed by atoms with Gasteiger partial charge in [0.15, 0.2) is 5.78 Å². The molecule has 0 amide bonds. The van der Waals surface area contributed by atoms with Gasteiger partial charge < -0.3 is 19.5 Å². The van der Waals surface area contributed by atoms with Gasteiger partial charge in [0.1, 0.15) is 11.7 Å². The zero-order valence-corrected chi connectivity index (χ0v) is 22.1. The maximum atomic E-state index is 14.3. The number of dihydropyridines is 1. The summed E-state index contributed by atoms with van der Waals surface area (Å²) in [6, 6.07) is 14.4. The van der Waals surface area contributed by atoms with Gasteiger partial charge >= 0.3 is 11.9 Å². The minimum Gasteiger partial charge on any atom is -0.496 e. The van der Waals surface area contributed by atoms with E-state index >= 15 is 0 Å². The quantitative estimate of drug-likeness (QED) is 0.400. The molecule has 2 aromatic rings. The molecule has 0 aromatic heterocycles. The molecule has 1 aliphatic carbocycles. The number of nitrogens with one attached hydrogen (secondary N) is 1. The Morgan fingerprint density at radius 1 is 1.05 bits per heavy atom. The fourth-order valence-corrected chi connectivity index (χ4v) is 5.50. The lowest BCUT2D eigenvalue weighted by atomic mass is 9.67. The first kappa shape index (κ1) is 26.5. The van der Waals surface area contributed by atoms with Crippen molar-refractivity contribution in [2.75, 3.05) is 20.3 Å². The van der Waals surface area contributed by atoms with Crippen LogP contribution in [-0.2, 0) is 23.9 Å². The molecular formula is C29H30ClNO6. The predicted molar refractivity (Wildman–Crippen MR) is 139 cm³/mol. The Labute approximate surface area is 221 Å². The van der Waals surface area contributed by atoms with Crippen LogP contribution in [0, 0.1) is 5.92 Å². The lowest BCUT2D eigenvalue weighted by molar-refractivity contribution is -0.152. The molecule has 2 aromatic carbocycles. The van der Waals surface area contributed by atoms with Crippen molar-refractivity contribution >= 4 is 29.3 Å². The number of allylic oxidation sites excluding steroid dienone is 3. The third kappa shape index (κ3) is 5.01. The predicted octanol–water partition coefficient (Wildman–Crippen LogP) is 5.06. The summed E-state index contributed by atoms with van der Waals surface area (Å²) in [5.74, 6) is -3.34. The third-order valence-electron chi connectivity index (χ3n) is 6.78. The van der Waals surface area contributed by atoms with Crippen LogP contribution in [0.15, 0.2) is 71.1 Å². The molecule has 1 heterocycles. The number of para-hydroxylation sites is 1. The smallest absolute Gasteiger partial charge is 0.336 e. The van der Waals surface area contributed by atoms with E-state index in [1.165, 1.54) is 0 Å². The number of carbonyl (C=O) groups excluding carboxylic acids is 3. The summed E-state index contributed by atoms with van der Waals surface area (Å²) in [7, 11) is 1.56.